The molecular weight excluding hydrogens is 496 g/mol. The Kier molecular flexibility index (Phi) is 5.58. The zero-order valence-corrected chi connectivity index (χ0v) is 21.1. The number of amides is 1. The fraction of sp³-hybridized carbons (Fsp3) is 0.179. The van der Waals surface area contributed by atoms with Crippen molar-refractivity contribution in [3.8, 4) is 33.2 Å². The molecule has 6 aromatic heterocycles. The van der Waals surface area contributed by atoms with E-state index in [4.69, 9.17) is 4.98 Å². The maximum absolute atomic E-state index is 12.6. The number of nitrogens with zero attached hydrogens (tertiary/aromatic N) is 6. The minimum Gasteiger partial charge on any atom is -0.335 e. The van der Waals surface area contributed by atoms with Gasteiger partial charge >= 0.3 is 0 Å². The van der Waals surface area contributed by atoms with Gasteiger partial charge in [0, 0.05) is 39.7 Å². The third-order valence-electron chi connectivity index (χ3n) is 6.95. The van der Waals surface area contributed by atoms with E-state index in [0.717, 1.165) is 58.1 Å². The summed E-state index contributed by atoms with van der Waals surface area (Å²) in [5.74, 6) is 0.771. The van der Waals surface area contributed by atoms with Crippen LogP contribution in [0.15, 0.2) is 67.0 Å². The van der Waals surface area contributed by atoms with Crippen LogP contribution < -0.4 is 5.32 Å². The Morgan fingerprint density at radius 2 is 1.89 bits per heavy atom. The topological polar surface area (TPSA) is 122 Å². The molecule has 9 nitrogen and oxygen atoms in total. The average Bonchev–Trinajstić information content (AvgIpc) is 3.74. The van der Waals surface area contributed by atoms with Crippen molar-refractivity contribution in [2.45, 2.75) is 25.7 Å². The fourth-order valence-electron chi connectivity index (χ4n) is 5.04. The van der Waals surface area contributed by atoms with Gasteiger partial charge in [-0.3, -0.25) is 19.7 Å². The van der Waals surface area contributed by atoms with Crippen LogP contribution in [0.4, 0.5) is 5.69 Å². The van der Waals surface area contributed by atoms with E-state index in [0.29, 0.717) is 28.4 Å². The molecule has 1 saturated carbocycles. The quantitative estimate of drug-likeness (QED) is 0.292. The summed E-state index contributed by atoms with van der Waals surface area (Å²) < 4.78 is 0. The maximum atomic E-state index is 12.6. The first kappa shape index (κ1) is 22.6. The van der Waals surface area contributed by atoms with Gasteiger partial charge in [-0.2, -0.15) is 0 Å². The van der Waals surface area contributed by atoms with Crippen LogP contribution in [0, 0.1) is 5.92 Å². The van der Waals surface area contributed by atoms with E-state index in [1.54, 1.807) is 36.1 Å². The van der Waals surface area contributed by atoms with Gasteiger partial charge in [-0.1, -0.05) is 18.9 Å². The Balaban J connectivity index is 1.27. The van der Waals surface area contributed by atoms with E-state index in [1.165, 1.54) is 6.33 Å². The minimum absolute atomic E-state index is 0.0601. The summed E-state index contributed by atoms with van der Waals surface area (Å²) in [4.78, 5) is 44.4. The molecule has 0 atom stereocenters. The molecular formula is C28H22N8OS. The average molecular weight is 519 g/mol. The van der Waals surface area contributed by atoms with Gasteiger partial charge in [0.05, 0.1) is 41.0 Å². The van der Waals surface area contributed by atoms with Crippen molar-refractivity contribution in [3.05, 3.63) is 67.0 Å². The van der Waals surface area contributed by atoms with Crippen LogP contribution in [0.5, 0.6) is 0 Å². The predicted octanol–water partition coefficient (Wildman–Crippen LogP) is 5.88. The van der Waals surface area contributed by atoms with Crippen LogP contribution in [0.3, 0.4) is 0 Å². The normalized spacial score (nSPS) is 13.9. The Labute approximate surface area is 221 Å². The molecule has 0 aliphatic heterocycles. The third kappa shape index (κ3) is 4.08. The number of rotatable bonds is 5. The van der Waals surface area contributed by atoms with Crippen molar-refractivity contribution in [1.29, 1.82) is 0 Å². The molecule has 1 aliphatic rings. The smallest absolute Gasteiger partial charge is 0.227 e. The van der Waals surface area contributed by atoms with Crippen LogP contribution in [0.1, 0.15) is 25.7 Å². The summed E-state index contributed by atoms with van der Waals surface area (Å²) in [6.45, 7) is 0. The number of nitrogens with one attached hydrogen (secondary N) is 2. The van der Waals surface area contributed by atoms with Gasteiger partial charge in [0.2, 0.25) is 5.91 Å². The lowest BCUT2D eigenvalue weighted by Crippen LogP contribution is -2.20. The van der Waals surface area contributed by atoms with Crippen LogP contribution >= 0.6 is 11.3 Å². The lowest BCUT2D eigenvalue weighted by molar-refractivity contribution is -0.119. The molecule has 0 bridgehead atoms. The van der Waals surface area contributed by atoms with Crippen LogP contribution in [-0.2, 0) is 4.79 Å². The van der Waals surface area contributed by atoms with E-state index in [1.807, 2.05) is 29.8 Å². The number of aromatic nitrogens is 7. The molecule has 7 rings (SSSR count). The number of fused-ring (bicyclic) bond motifs is 2. The lowest BCUT2D eigenvalue weighted by Gasteiger charge is -2.11. The highest BCUT2D eigenvalue weighted by atomic mass is 32.1. The number of H-pyrrole nitrogens is 1. The largest absolute Gasteiger partial charge is 0.335 e. The van der Waals surface area contributed by atoms with E-state index in [-0.39, 0.29) is 11.8 Å². The number of thiophene rings is 1. The molecule has 6 heterocycles. The van der Waals surface area contributed by atoms with Crippen LogP contribution in [-0.4, -0.2) is 40.8 Å². The summed E-state index contributed by atoms with van der Waals surface area (Å²) in [7, 11) is 0. The first-order valence-electron chi connectivity index (χ1n) is 12.5. The van der Waals surface area contributed by atoms with E-state index >= 15 is 0 Å². The number of hydrogen-bond donors (Lipinski definition) is 2. The molecule has 6 aromatic rings. The molecule has 0 aromatic carbocycles. The van der Waals surface area contributed by atoms with Crippen molar-refractivity contribution >= 4 is 44.9 Å². The number of hydrogen-bond acceptors (Lipinski definition) is 8. The van der Waals surface area contributed by atoms with Crippen molar-refractivity contribution in [3.63, 3.8) is 0 Å². The van der Waals surface area contributed by atoms with Gasteiger partial charge in [-0.25, -0.2) is 15.0 Å². The second-order valence-electron chi connectivity index (χ2n) is 9.39. The van der Waals surface area contributed by atoms with E-state index in [2.05, 4.69) is 41.3 Å². The molecule has 1 aliphatic carbocycles. The fourth-order valence-corrected chi connectivity index (χ4v) is 5.78. The predicted molar refractivity (Wildman–Crippen MR) is 147 cm³/mol. The zero-order chi connectivity index (χ0) is 25.5. The number of aromatic amines is 1. The Bertz CT molecular complexity index is 1790. The monoisotopic (exact) mass is 518 g/mol. The summed E-state index contributed by atoms with van der Waals surface area (Å²) in [6.07, 6.45) is 14.4. The second-order valence-corrected chi connectivity index (χ2v) is 10.3. The molecule has 0 unspecified atom stereocenters. The van der Waals surface area contributed by atoms with Crippen LogP contribution in [0.25, 0.3) is 55.2 Å². The molecule has 2 N–H and O–H groups in total. The van der Waals surface area contributed by atoms with Gasteiger partial charge in [0.1, 0.15) is 17.5 Å². The highest BCUT2D eigenvalue weighted by Gasteiger charge is 2.23. The number of carbonyl (C=O) groups excluding carboxylic acids is 1. The van der Waals surface area contributed by atoms with Crippen molar-refractivity contribution < 1.29 is 4.79 Å². The number of anilines is 1. The molecule has 38 heavy (non-hydrogen) atoms. The number of pyridine rings is 3. The van der Waals surface area contributed by atoms with Crippen molar-refractivity contribution in [2.75, 3.05) is 5.32 Å². The van der Waals surface area contributed by atoms with Gasteiger partial charge in [-0.15, -0.1) is 11.3 Å². The highest BCUT2D eigenvalue weighted by molar-refractivity contribution is 7.13. The third-order valence-corrected chi connectivity index (χ3v) is 7.86. The second kappa shape index (κ2) is 9.38. The van der Waals surface area contributed by atoms with Crippen molar-refractivity contribution in [2.24, 2.45) is 5.92 Å². The molecule has 1 fully saturated rings. The van der Waals surface area contributed by atoms with Gasteiger partial charge in [0.25, 0.3) is 0 Å². The first-order valence-corrected chi connectivity index (χ1v) is 13.4. The minimum atomic E-state index is 0.0601. The number of imidazole rings is 1. The van der Waals surface area contributed by atoms with E-state index in [9.17, 15) is 4.79 Å². The van der Waals surface area contributed by atoms with Crippen LogP contribution in [0.2, 0.25) is 0 Å². The maximum Gasteiger partial charge on any atom is 0.227 e. The molecule has 0 saturated heterocycles. The SMILES string of the molecule is O=C(Nc1cncc(-c2cc3c(-c4nc5c(-c6cccs6)cncc5[nH]4)ncnc3cn2)c1)C1CCCC1. The number of carbonyl (C=O) groups is 1. The zero-order valence-electron chi connectivity index (χ0n) is 20.3. The lowest BCUT2D eigenvalue weighted by atomic mass is 10.1. The standard InChI is InChI=1S/C28H22N8OS/c37-28(16-4-1-2-5-16)34-18-8-17(10-29-11-18)21-9-19-22(14-31-21)32-15-33-26(19)27-35-23-13-30-12-20(25(23)36-27)24-6-3-7-38-24/h3,6-16H,1-2,4-5H2,(H,34,37)(H,35,36). The molecule has 1 amide bonds. The van der Waals surface area contributed by atoms with E-state index < -0.39 is 0 Å². The Morgan fingerprint density at radius 1 is 1.00 bits per heavy atom. The molecule has 186 valence electrons. The Morgan fingerprint density at radius 3 is 2.76 bits per heavy atom. The first-order chi connectivity index (χ1) is 18.7. The molecule has 0 radical (unpaired) electrons. The summed E-state index contributed by atoms with van der Waals surface area (Å²) in [5, 5.41) is 5.87. The summed E-state index contributed by atoms with van der Waals surface area (Å²) in [6, 6.07) is 7.92. The Hall–Kier alpha value is -4.57. The molecule has 10 heteroatoms. The summed E-state index contributed by atoms with van der Waals surface area (Å²) in [5.41, 5.74) is 6.19. The summed E-state index contributed by atoms with van der Waals surface area (Å²) >= 11 is 1.65. The van der Waals surface area contributed by atoms with Crippen molar-refractivity contribution in [1.82, 2.24) is 34.9 Å². The highest BCUT2D eigenvalue weighted by Crippen LogP contribution is 2.33. The molecule has 0 spiro atoms. The van der Waals surface area contributed by atoms with Gasteiger partial charge < -0.3 is 10.3 Å². The van der Waals surface area contributed by atoms with Gasteiger partial charge in [-0.05, 0) is 36.4 Å². The van der Waals surface area contributed by atoms with Gasteiger partial charge in [0.15, 0.2) is 5.82 Å².